The lowest BCUT2D eigenvalue weighted by Crippen LogP contribution is -2.77. The molecule has 6 unspecified atom stereocenters. The quantitative estimate of drug-likeness (QED) is 0.0289. The lowest BCUT2D eigenvalue weighted by atomic mass is 9.85. The first-order valence-corrected chi connectivity index (χ1v) is 33.1. The van der Waals surface area contributed by atoms with Crippen LogP contribution in [0, 0.1) is 10.8 Å². The first-order valence-electron chi connectivity index (χ1n) is 31.3. The van der Waals surface area contributed by atoms with E-state index in [1.165, 1.54) is 74.5 Å². The fourth-order valence-corrected chi connectivity index (χ4v) is 10.7. The first-order chi connectivity index (χ1) is 52.4. The largest absolute Gasteiger partial charge is 0.459 e. The highest BCUT2D eigenvalue weighted by Gasteiger charge is 3.00. The number of cyclic esters (lactones) is 2. The van der Waals surface area contributed by atoms with Crippen LogP contribution in [0.3, 0.4) is 0 Å². The molecule has 688 valence electrons. The molecule has 15 nitrogen and oxygen atoms in total. The standard InChI is InChI=1S/C32H29BrF20O8.C24H19BrF20O3.C6H8O4/c1-14(61-20(56)15(2)60-16(3)54)19(55)58-12-23(34,35)25(38,39)27(42,43)29(46,47)31(50,51)32(52,53)30(48,49)28(44,45)26(40,41)24(36,37)13-59-21(57)22(4,5)11-18(33)17-9-7-6-8-10-17;1-14(2,8-12(25)11-6-4-3-5-7-11)13(47)48-10-16(28,29)18(32,33)20(36,37)22(40,41)24(44,45)23(42,43)21(38,39)19(34,35)17(30,31)15(26,27)9-46;1-3-5(7)10-4(2)6(8)9-3/h6-10,14-15,18H,11-13H2,1-5H3;3-7,12,46H,8-10H2,1-2H3;3-4H,1-2H3. The van der Waals surface area contributed by atoms with Gasteiger partial charge in [0.15, 0.2) is 44.2 Å². The summed E-state index contributed by atoms with van der Waals surface area (Å²) in [5.41, 5.74) is -3.34. The SMILES string of the molecule is CC(=O)OC(C)C(=O)OC(C)C(=O)OCC(F)(F)C(F)(F)C(F)(F)C(F)(F)C(F)(F)C(F)(F)C(F)(F)C(F)(F)C(F)(F)C(F)(F)COC(=O)C(C)(C)CC(Br)c1ccccc1.CC(C)(CC(Br)c1ccccc1)C(=O)OCC(F)(F)C(F)(F)C(F)(F)C(F)(F)C(F)(F)C(F)(F)C(F)(F)C(F)(F)C(F)(F)C(F)(F)CO.CC1OC(=O)C(C)OC1=O. The normalized spacial score (nSPS) is 17.5. The molecule has 0 bridgehead atoms. The van der Waals surface area contributed by atoms with Crippen molar-refractivity contribution in [3.63, 3.8) is 0 Å². The number of carbonyl (C=O) groups excluding carboxylic acids is 7. The summed E-state index contributed by atoms with van der Waals surface area (Å²) in [7, 11) is 0. The maximum atomic E-state index is 14.4. The molecule has 0 saturated carbocycles. The van der Waals surface area contributed by atoms with Crippen LogP contribution >= 0.6 is 31.9 Å². The molecule has 2 aromatic rings. The Morgan fingerprint density at radius 1 is 0.353 bits per heavy atom. The van der Waals surface area contributed by atoms with Gasteiger partial charge in [0.1, 0.15) is 6.61 Å². The van der Waals surface area contributed by atoms with Crippen molar-refractivity contribution in [2.75, 3.05) is 26.4 Å². The van der Waals surface area contributed by atoms with Crippen LogP contribution in [0.1, 0.15) is 95.9 Å². The molecule has 1 heterocycles. The molecule has 0 aliphatic carbocycles. The number of carbonyl (C=O) groups is 7. The van der Waals surface area contributed by atoms with Gasteiger partial charge in [0.05, 0.1) is 10.8 Å². The highest BCUT2D eigenvalue weighted by Crippen LogP contribution is 2.69. The predicted molar refractivity (Wildman–Crippen MR) is 320 cm³/mol. The van der Waals surface area contributed by atoms with E-state index in [-0.39, 0.29) is 0 Å². The molecule has 1 N–H and O–H groups in total. The van der Waals surface area contributed by atoms with E-state index in [2.05, 4.69) is 65.0 Å². The number of rotatable bonds is 37. The second kappa shape index (κ2) is 36.0. The van der Waals surface area contributed by atoms with Crippen LogP contribution in [-0.4, -0.2) is 216 Å². The summed E-state index contributed by atoms with van der Waals surface area (Å²) in [6, 6.07) is 14.7. The molecule has 1 fully saturated rings. The lowest BCUT2D eigenvalue weighted by molar-refractivity contribution is -0.469. The van der Waals surface area contributed by atoms with E-state index in [4.69, 9.17) is 5.11 Å². The highest BCUT2D eigenvalue weighted by atomic mass is 79.9. The Morgan fingerprint density at radius 2 is 0.563 bits per heavy atom. The van der Waals surface area contributed by atoms with Crippen molar-refractivity contribution in [2.24, 2.45) is 10.8 Å². The number of benzene rings is 2. The molecule has 2 aromatic carbocycles. The summed E-state index contributed by atoms with van der Waals surface area (Å²) < 4.78 is 591. The molecule has 119 heavy (non-hydrogen) atoms. The van der Waals surface area contributed by atoms with Crippen LogP contribution in [0.15, 0.2) is 60.7 Å². The monoisotopic (exact) mass is 1960 g/mol. The lowest BCUT2D eigenvalue weighted by Gasteiger charge is -2.45. The molecule has 0 aromatic heterocycles. The minimum atomic E-state index is -9.32. The number of aliphatic hydroxyl groups excluding tert-OH is 1. The summed E-state index contributed by atoms with van der Waals surface area (Å²) in [6.07, 6.45) is -6.92. The molecule has 0 amide bonds. The van der Waals surface area contributed by atoms with Gasteiger partial charge in [-0.1, -0.05) is 92.5 Å². The molecule has 0 spiro atoms. The summed E-state index contributed by atoms with van der Waals surface area (Å²) in [4.78, 5) is 78.5. The summed E-state index contributed by atoms with van der Waals surface area (Å²) in [5, 5.41) is 7.98. The topological polar surface area (TPSA) is 204 Å². The molecule has 0 radical (unpaired) electrons. The van der Waals surface area contributed by atoms with Crippen LogP contribution in [0.4, 0.5) is 176 Å². The van der Waals surface area contributed by atoms with Crippen LogP contribution < -0.4 is 0 Å². The third kappa shape index (κ3) is 20.4. The van der Waals surface area contributed by atoms with Crippen LogP contribution in [0.25, 0.3) is 0 Å². The van der Waals surface area contributed by atoms with Gasteiger partial charge < -0.3 is 38.3 Å². The number of alkyl halides is 42. The number of hydrogen-bond donors (Lipinski definition) is 1. The number of halogens is 42. The molecular weight excluding hydrogens is 1900 g/mol. The van der Waals surface area contributed by atoms with Crippen LogP contribution in [-0.2, 0) is 66.7 Å². The van der Waals surface area contributed by atoms with Crippen molar-refractivity contribution >= 4 is 73.6 Å². The zero-order valence-corrected chi connectivity index (χ0v) is 63.2. The Kier molecular flexibility index (Phi) is 33.2. The van der Waals surface area contributed by atoms with Gasteiger partial charge in [0.2, 0.25) is 0 Å². The van der Waals surface area contributed by atoms with Gasteiger partial charge in [-0.05, 0) is 79.4 Å². The molecule has 6 atom stereocenters. The molecule has 1 saturated heterocycles. The van der Waals surface area contributed by atoms with E-state index < -0.39 is 244 Å². The van der Waals surface area contributed by atoms with E-state index in [0.717, 1.165) is 41.5 Å². The molecule has 3 rings (SSSR count). The zero-order chi connectivity index (χ0) is 94.9. The Hall–Kier alpha value is -7.15. The predicted octanol–water partition coefficient (Wildman–Crippen LogP) is 19.2. The Bertz CT molecular complexity index is 3830. The summed E-state index contributed by atoms with van der Waals surface area (Å²) in [5.74, 6) is -180. The third-order valence-corrected chi connectivity index (χ3v) is 17.8. The number of esters is 7. The van der Waals surface area contributed by atoms with Crippen molar-refractivity contribution in [1.29, 1.82) is 0 Å². The van der Waals surface area contributed by atoms with E-state index in [1.54, 1.807) is 0 Å². The maximum Gasteiger partial charge on any atom is 0.385 e. The fraction of sp³-hybridized carbons (Fsp3) is 0.694. The Balaban J connectivity index is 0.00000108. The van der Waals surface area contributed by atoms with Gasteiger partial charge >= 0.3 is 160 Å². The van der Waals surface area contributed by atoms with Crippen LogP contribution in [0.2, 0.25) is 0 Å². The van der Waals surface area contributed by atoms with Gasteiger partial charge in [-0.3, -0.25) is 14.4 Å². The van der Waals surface area contributed by atoms with Crippen molar-refractivity contribution in [2.45, 2.75) is 228 Å². The third-order valence-electron chi connectivity index (χ3n) is 16.1. The highest BCUT2D eigenvalue weighted by molar-refractivity contribution is 9.09. The van der Waals surface area contributed by atoms with E-state index in [1.807, 2.05) is 0 Å². The minimum absolute atomic E-state index is 0.345. The van der Waals surface area contributed by atoms with E-state index in [9.17, 15) is 209 Å². The summed E-state index contributed by atoms with van der Waals surface area (Å²) in [6.45, 7) is -5.97. The maximum absolute atomic E-state index is 14.4. The average Bonchev–Trinajstić information content (AvgIpc) is 0.689. The zero-order valence-electron chi connectivity index (χ0n) is 60.0. The number of hydrogen-bond acceptors (Lipinski definition) is 15. The smallest absolute Gasteiger partial charge is 0.385 e. The molecule has 57 heteroatoms. The van der Waals surface area contributed by atoms with Crippen molar-refractivity contribution in [3.8, 4) is 0 Å². The van der Waals surface area contributed by atoms with Crippen molar-refractivity contribution in [1.82, 2.24) is 0 Å². The Morgan fingerprint density at radius 3 is 0.790 bits per heavy atom. The van der Waals surface area contributed by atoms with E-state index >= 15 is 0 Å². The second-order valence-electron chi connectivity index (χ2n) is 26.3. The summed E-state index contributed by atoms with van der Waals surface area (Å²) >= 11 is 6.13. The van der Waals surface area contributed by atoms with Gasteiger partial charge in [-0.25, -0.2) is 19.2 Å². The van der Waals surface area contributed by atoms with Gasteiger partial charge in [-0.15, -0.1) is 0 Å². The van der Waals surface area contributed by atoms with Crippen molar-refractivity contribution < 1.29 is 247 Å². The van der Waals surface area contributed by atoms with Crippen molar-refractivity contribution in [3.05, 3.63) is 71.8 Å². The average molecular weight is 1960 g/mol. The Labute approximate surface area is 656 Å². The molecule has 1 aliphatic heterocycles. The fourth-order valence-electron chi connectivity index (χ4n) is 8.51. The van der Waals surface area contributed by atoms with Gasteiger partial charge in [-0.2, -0.15) is 176 Å². The van der Waals surface area contributed by atoms with Gasteiger partial charge in [0.25, 0.3) is 0 Å². The minimum Gasteiger partial charge on any atom is -0.459 e. The number of ether oxygens (including phenoxy) is 7. The van der Waals surface area contributed by atoms with E-state index in [0.29, 0.717) is 18.1 Å². The number of aliphatic hydroxyl groups is 1. The van der Waals surface area contributed by atoms with Gasteiger partial charge in [0, 0.05) is 16.6 Å². The second-order valence-corrected chi connectivity index (χ2v) is 28.6. The first kappa shape index (κ1) is 110. The molecular formula is C62H56Br2F40O15. The van der Waals surface area contributed by atoms with Crippen LogP contribution in [0.5, 0.6) is 0 Å². The molecule has 1 aliphatic rings.